The lowest BCUT2D eigenvalue weighted by atomic mass is 9.96. The van der Waals surface area contributed by atoms with Crippen LogP contribution in [0.1, 0.15) is 24.1 Å². The van der Waals surface area contributed by atoms with Gasteiger partial charge in [0.1, 0.15) is 16.2 Å². The molecule has 126 valence electrons. The molecule has 1 aromatic heterocycles. The second-order valence-corrected chi connectivity index (χ2v) is 6.66. The number of hydrogen-bond donors (Lipinski definition) is 0. The Morgan fingerprint density at radius 1 is 1.00 bits per heavy atom. The fraction of sp³-hybridized carbons (Fsp3) is 0.238. The van der Waals surface area contributed by atoms with Gasteiger partial charge in [0.25, 0.3) is 0 Å². The fourth-order valence-corrected chi connectivity index (χ4v) is 3.82. The van der Waals surface area contributed by atoms with Gasteiger partial charge in [-0.3, -0.25) is 4.57 Å². The van der Waals surface area contributed by atoms with Gasteiger partial charge in [-0.1, -0.05) is 48.6 Å². The maximum atomic E-state index is 5.64. The third kappa shape index (κ3) is 2.98. The molecule has 0 atom stereocenters. The number of ether oxygens (including phenoxy) is 1. The largest absolute Gasteiger partial charge is 0.497 e. The lowest BCUT2D eigenvalue weighted by molar-refractivity contribution is 0.414. The lowest BCUT2D eigenvalue weighted by Gasteiger charge is -2.24. The van der Waals surface area contributed by atoms with Crippen molar-refractivity contribution in [2.45, 2.75) is 25.7 Å². The Morgan fingerprint density at radius 2 is 1.80 bits per heavy atom. The summed E-state index contributed by atoms with van der Waals surface area (Å²) in [7, 11) is 1.70. The average molecular weight is 348 g/mol. The quantitative estimate of drug-likeness (QED) is 0.612. The number of hydrogen-bond acceptors (Lipinski definition) is 3. The van der Waals surface area contributed by atoms with Crippen LogP contribution in [0.15, 0.2) is 54.6 Å². The van der Waals surface area contributed by atoms with Crippen LogP contribution in [-0.4, -0.2) is 16.7 Å². The highest BCUT2D eigenvalue weighted by Gasteiger charge is 2.20. The third-order valence-corrected chi connectivity index (χ3v) is 5.07. The molecule has 0 radical (unpaired) electrons. The molecule has 3 aromatic rings. The molecule has 0 saturated heterocycles. The van der Waals surface area contributed by atoms with Crippen LogP contribution < -0.4 is 4.74 Å². The van der Waals surface area contributed by atoms with Crippen LogP contribution in [0.4, 0.5) is 0 Å². The predicted octanol–water partition coefficient (Wildman–Crippen LogP) is 5.16. The molecule has 1 heterocycles. The van der Waals surface area contributed by atoms with Crippen molar-refractivity contribution in [3.05, 3.63) is 70.5 Å². The van der Waals surface area contributed by atoms with E-state index in [9.17, 15) is 0 Å². The molecule has 2 aromatic carbocycles. The highest BCUT2D eigenvalue weighted by atomic mass is 32.1. The zero-order valence-electron chi connectivity index (χ0n) is 14.2. The molecule has 25 heavy (non-hydrogen) atoms. The van der Waals surface area contributed by atoms with Gasteiger partial charge < -0.3 is 4.74 Å². The van der Waals surface area contributed by atoms with Gasteiger partial charge in [-0.05, 0) is 37.8 Å². The second kappa shape index (κ2) is 6.81. The van der Waals surface area contributed by atoms with Crippen molar-refractivity contribution in [1.82, 2.24) is 9.55 Å². The topological polar surface area (TPSA) is 27.1 Å². The molecule has 0 bridgehead atoms. The van der Waals surface area contributed by atoms with E-state index < -0.39 is 0 Å². The smallest absolute Gasteiger partial charge is 0.146 e. The Balaban J connectivity index is 2.04. The van der Waals surface area contributed by atoms with E-state index in [1.165, 1.54) is 24.1 Å². The Morgan fingerprint density at radius 3 is 2.60 bits per heavy atom. The number of benzene rings is 2. The molecule has 1 aliphatic rings. The molecular formula is C21H20N2OS. The summed E-state index contributed by atoms with van der Waals surface area (Å²) in [6.07, 6.45) is 4.41. The summed E-state index contributed by atoms with van der Waals surface area (Å²) in [6.45, 7) is 0. The molecule has 1 aliphatic carbocycles. The summed E-state index contributed by atoms with van der Waals surface area (Å²) in [4.78, 5) is 4.83. The van der Waals surface area contributed by atoms with Gasteiger partial charge in [0.15, 0.2) is 0 Å². The normalized spacial score (nSPS) is 13.3. The van der Waals surface area contributed by atoms with Gasteiger partial charge in [0.05, 0.1) is 12.8 Å². The fourth-order valence-electron chi connectivity index (χ4n) is 3.52. The first-order chi connectivity index (χ1) is 12.3. The van der Waals surface area contributed by atoms with E-state index in [0.29, 0.717) is 0 Å². The molecule has 0 spiro atoms. The van der Waals surface area contributed by atoms with Crippen LogP contribution in [0.25, 0.3) is 17.1 Å². The van der Waals surface area contributed by atoms with E-state index >= 15 is 0 Å². The number of nitrogens with zero attached hydrogens (tertiary/aromatic N) is 2. The monoisotopic (exact) mass is 348 g/mol. The van der Waals surface area contributed by atoms with Gasteiger partial charge in [-0.2, -0.15) is 0 Å². The van der Waals surface area contributed by atoms with Crippen molar-refractivity contribution >= 4 is 12.2 Å². The molecule has 0 saturated carbocycles. The van der Waals surface area contributed by atoms with E-state index in [1.54, 1.807) is 7.11 Å². The zero-order valence-corrected chi connectivity index (χ0v) is 15.1. The second-order valence-electron chi connectivity index (χ2n) is 6.28. The standard InChI is InChI=1S/C21H20N2OS/c1-24-17-11-7-10-16(14-17)23-19-13-6-5-12-18(19)21(25)22-20(23)15-8-3-2-4-9-15/h2-4,7-11,14H,5-6,12-13H2,1H3. The number of fused-ring (bicyclic) bond motifs is 1. The van der Waals surface area contributed by atoms with Crippen LogP contribution in [-0.2, 0) is 12.8 Å². The summed E-state index contributed by atoms with van der Waals surface area (Å²) < 4.78 is 8.44. The molecule has 0 aliphatic heterocycles. The van der Waals surface area contributed by atoms with E-state index in [0.717, 1.165) is 40.3 Å². The summed E-state index contributed by atoms with van der Waals surface area (Å²) in [6, 6.07) is 18.4. The van der Waals surface area contributed by atoms with Crippen LogP contribution in [0, 0.1) is 4.64 Å². The van der Waals surface area contributed by atoms with E-state index in [1.807, 2.05) is 30.3 Å². The van der Waals surface area contributed by atoms with E-state index in [-0.39, 0.29) is 0 Å². The Labute approximate surface area is 152 Å². The van der Waals surface area contributed by atoms with Crippen molar-refractivity contribution in [1.29, 1.82) is 0 Å². The van der Waals surface area contributed by atoms with Gasteiger partial charge >= 0.3 is 0 Å². The van der Waals surface area contributed by atoms with E-state index in [2.05, 4.69) is 28.8 Å². The van der Waals surface area contributed by atoms with Crippen molar-refractivity contribution < 1.29 is 4.74 Å². The van der Waals surface area contributed by atoms with Gasteiger partial charge in [0.2, 0.25) is 0 Å². The molecule has 0 unspecified atom stereocenters. The third-order valence-electron chi connectivity index (χ3n) is 4.73. The predicted molar refractivity (Wildman–Crippen MR) is 103 cm³/mol. The van der Waals surface area contributed by atoms with Gasteiger partial charge in [-0.15, -0.1) is 0 Å². The summed E-state index contributed by atoms with van der Waals surface area (Å²) in [5.41, 5.74) is 4.66. The minimum atomic E-state index is 0.743. The molecule has 3 nitrogen and oxygen atoms in total. The lowest BCUT2D eigenvalue weighted by Crippen LogP contribution is -2.17. The maximum Gasteiger partial charge on any atom is 0.146 e. The SMILES string of the molecule is COc1cccc(-n2c(-c3ccccc3)nc(=S)c3c2CCCC3)c1. The molecule has 0 fully saturated rings. The summed E-state index contributed by atoms with van der Waals surface area (Å²) >= 11 is 5.64. The Hall–Kier alpha value is -2.46. The molecule has 0 N–H and O–H groups in total. The van der Waals surface area contributed by atoms with Crippen LogP contribution in [0.3, 0.4) is 0 Å². The van der Waals surface area contributed by atoms with Crippen molar-refractivity contribution in [2.24, 2.45) is 0 Å². The van der Waals surface area contributed by atoms with Gasteiger partial charge in [-0.25, -0.2) is 4.98 Å². The Kier molecular flexibility index (Phi) is 4.36. The molecule has 4 rings (SSSR count). The maximum absolute atomic E-state index is 5.64. The highest BCUT2D eigenvalue weighted by molar-refractivity contribution is 7.71. The van der Waals surface area contributed by atoms with Crippen molar-refractivity contribution in [3.63, 3.8) is 0 Å². The number of methoxy groups -OCH3 is 1. The summed E-state index contributed by atoms with van der Waals surface area (Å²) in [5.74, 6) is 1.75. The van der Waals surface area contributed by atoms with Gasteiger partial charge in [0, 0.05) is 22.9 Å². The summed E-state index contributed by atoms with van der Waals surface area (Å²) in [5, 5.41) is 0. The highest BCUT2D eigenvalue weighted by Crippen LogP contribution is 2.31. The first kappa shape index (κ1) is 16.0. The minimum absolute atomic E-state index is 0.743. The first-order valence-corrected chi connectivity index (χ1v) is 9.03. The number of aromatic nitrogens is 2. The average Bonchev–Trinajstić information content (AvgIpc) is 2.68. The minimum Gasteiger partial charge on any atom is -0.497 e. The molecule has 0 amide bonds. The van der Waals surface area contributed by atoms with Crippen molar-refractivity contribution in [2.75, 3.05) is 7.11 Å². The molecule has 4 heteroatoms. The van der Waals surface area contributed by atoms with Crippen LogP contribution >= 0.6 is 12.2 Å². The zero-order chi connectivity index (χ0) is 17.2. The van der Waals surface area contributed by atoms with Crippen LogP contribution in [0.2, 0.25) is 0 Å². The Bertz CT molecular complexity index is 963. The number of rotatable bonds is 3. The van der Waals surface area contributed by atoms with Crippen molar-refractivity contribution in [3.8, 4) is 22.8 Å². The van der Waals surface area contributed by atoms with Crippen LogP contribution in [0.5, 0.6) is 5.75 Å². The molecular weight excluding hydrogens is 328 g/mol. The first-order valence-electron chi connectivity index (χ1n) is 8.62. The van der Waals surface area contributed by atoms with E-state index in [4.69, 9.17) is 21.9 Å².